The van der Waals surface area contributed by atoms with Crippen LogP contribution in [0.5, 0.6) is 5.75 Å². The number of hydrogen-bond donors (Lipinski definition) is 1. The summed E-state index contributed by atoms with van der Waals surface area (Å²) in [5.41, 5.74) is 1.59. The molecule has 0 radical (unpaired) electrons. The first-order valence-corrected chi connectivity index (χ1v) is 10.1. The van der Waals surface area contributed by atoms with E-state index < -0.39 is 15.8 Å². The minimum Gasteiger partial charge on any atom is -0.496 e. The standard InChI is InChI=1S/C19H17FN4O4S/c1-12-4-5-14(20)10-17(12)29(25,26)23-19-18-15(27-2)8-13(9-16(18)28-22-19)11-24-7-3-6-21-24/h3-10H,11H2,1-2H3,(H,22,23). The molecule has 150 valence electrons. The van der Waals surface area contributed by atoms with Gasteiger partial charge in [0.05, 0.1) is 18.6 Å². The maximum atomic E-state index is 13.6. The highest BCUT2D eigenvalue weighted by Gasteiger charge is 2.23. The summed E-state index contributed by atoms with van der Waals surface area (Å²) in [6.07, 6.45) is 3.49. The number of hydrogen-bond acceptors (Lipinski definition) is 6. The smallest absolute Gasteiger partial charge is 0.263 e. The maximum Gasteiger partial charge on any atom is 0.263 e. The summed E-state index contributed by atoms with van der Waals surface area (Å²) < 4.78 is 54.0. The number of ether oxygens (including phenoxy) is 1. The number of sulfonamides is 1. The second kappa shape index (κ2) is 7.21. The number of anilines is 1. The lowest BCUT2D eigenvalue weighted by Crippen LogP contribution is -2.15. The van der Waals surface area contributed by atoms with Gasteiger partial charge >= 0.3 is 0 Å². The second-order valence-electron chi connectivity index (χ2n) is 6.42. The third-order valence-corrected chi connectivity index (χ3v) is 5.87. The van der Waals surface area contributed by atoms with Crippen molar-refractivity contribution in [2.75, 3.05) is 11.8 Å². The summed E-state index contributed by atoms with van der Waals surface area (Å²) in [5, 5.41) is 8.37. The van der Waals surface area contributed by atoms with E-state index in [2.05, 4.69) is 15.0 Å². The molecular formula is C19H17FN4O4S. The van der Waals surface area contributed by atoms with Gasteiger partial charge in [0.25, 0.3) is 10.0 Å². The van der Waals surface area contributed by atoms with Gasteiger partial charge in [-0.15, -0.1) is 0 Å². The van der Waals surface area contributed by atoms with E-state index in [9.17, 15) is 12.8 Å². The van der Waals surface area contributed by atoms with Gasteiger partial charge in [-0.1, -0.05) is 11.2 Å². The third-order valence-electron chi connectivity index (χ3n) is 4.39. The Morgan fingerprint density at radius 3 is 2.83 bits per heavy atom. The van der Waals surface area contributed by atoms with Crippen molar-refractivity contribution in [3.63, 3.8) is 0 Å². The fourth-order valence-electron chi connectivity index (χ4n) is 3.04. The van der Waals surface area contributed by atoms with Gasteiger partial charge in [-0.2, -0.15) is 5.10 Å². The van der Waals surface area contributed by atoms with Crippen molar-refractivity contribution in [1.29, 1.82) is 0 Å². The zero-order chi connectivity index (χ0) is 20.6. The van der Waals surface area contributed by atoms with Crippen LogP contribution in [0.3, 0.4) is 0 Å². The number of aryl methyl sites for hydroxylation is 1. The van der Waals surface area contributed by atoms with E-state index >= 15 is 0 Å². The van der Waals surface area contributed by atoms with E-state index in [0.717, 1.165) is 11.6 Å². The molecule has 4 rings (SSSR count). The normalized spacial score (nSPS) is 11.7. The number of aromatic nitrogens is 3. The zero-order valence-corrected chi connectivity index (χ0v) is 16.4. The quantitative estimate of drug-likeness (QED) is 0.518. The van der Waals surface area contributed by atoms with Gasteiger partial charge in [0, 0.05) is 12.4 Å². The van der Waals surface area contributed by atoms with E-state index in [4.69, 9.17) is 9.26 Å². The van der Waals surface area contributed by atoms with E-state index in [1.807, 2.05) is 12.3 Å². The topological polar surface area (TPSA) is 99.2 Å². The number of fused-ring (bicyclic) bond motifs is 1. The molecule has 2 heterocycles. The molecule has 10 heteroatoms. The van der Waals surface area contributed by atoms with Crippen LogP contribution in [0.2, 0.25) is 0 Å². The van der Waals surface area contributed by atoms with E-state index in [1.165, 1.54) is 19.2 Å². The summed E-state index contributed by atoms with van der Waals surface area (Å²) in [7, 11) is -2.62. The van der Waals surface area contributed by atoms with Crippen LogP contribution in [0.1, 0.15) is 11.1 Å². The summed E-state index contributed by atoms with van der Waals surface area (Å²) in [5.74, 6) is -0.299. The van der Waals surface area contributed by atoms with Crippen LogP contribution in [0.15, 0.2) is 58.2 Å². The summed E-state index contributed by atoms with van der Waals surface area (Å²) in [6, 6.07) is 8.85. The van der Waals surface area contributed by atoms with Gasteiger partial charge in [-0.3, -0.25) is 9.40 Å². The van der Waals surface area contributed by atoms with Gasteiger partial charge < -0.3 is 9.26 Å². The van der Waals surface area contributed by atoms with Crippen molar-refractivity contribution in [2.24, 2.45) is 0 Å². The molecule has 0 amide bonds. The number of benzene rings is 2. The average Bonchev–Trinajstić information content (AvgIpc) is 3.33. The molecule has 0 spiro atoms. The first kappa shape index (κ1) is 18.9. The predicted molar refractivity (Wildman–Crippen MR) is 104 cm³/mol. The van der Waals surface area contributed by atoms with Crippen LogP contribution < -0.4 is 9.46 Å². The molecule has 0 fully saturated rings. The van der Waals surface area contributed by atoms with E-state index in [-0.39, 0.29) is 10.7 Å². The van der Waals surface area contributed by atoms with Crippen molar-refractivity contribution >= 4 is 26.8 Å². The Morgan fingerprint density at radius 2 is 2.10 bits per heavy atom. The summed E-state index contributed by atoms with van der Waals surface area (Å²) >= 11 is 0. The van der Waals surface area contributed by atoms with Crippen LogP contribution in [0, 0.1) is 12.7 Å². The van der Waals surface area contributed by atoms with Gasteiger partial charge in [0.15, 0.2) is 11.4 Å². The Morgan fingerprint density at radius 1 is 1.28 bits per heavy atom. The highest BCUT2D eigenvalue weighted by molar-refractivity contribution is 7.92. The van der Waals surface area contributed by atoms with Crippen molar-refractivity contribution in [2.45, 2.75) is 18.4 Å². The first-order chi connectivity index (χ1) is 13.9. The number of nitrogens with one attached hydrogen (secondary N) is 1. The van der Waals surface area contributed by atoms with Crippen molar-refractivity contribution in [1.82, 2.24) is 14.9 Å². The SMILES string of the molecule is COc1cc(Cn2cccn2)cc2onc(NS(=O)(=O)c3cc(F)ccc3C)c12. The molecule has 0 aliphatic carbocycles. The zero-order valence-electron chi connectivity index (χ0n) is 15.6. The number of nitrogens with zero attached hydrogens (tertiary/aromatic N) is 3. The minimum atomic E-state index is -4.09. The van der Waals surface area contributed by atoms with Crippen molar-refractivity contribution < 1.29 is 22.1 Å². The van der Waals surface area contributed by atoms with Crippen LogP contribution in [0.4, 0.5) is 10.2 Å². The van der Waals surface area contributed by atoms with Gasteiger partial charge in [-0.05, 0) is 48.4 Å². The lowest BCUT2D eigenvalue weighted by atomic mass is 10.1. The molecule has 8 nitrogen and oxygen atoms in total. The molecule has 0 saturated carbocycles. The Kier molecular flexibility index (Phi) is 4.71. The molecule has 0 saturated heterocycles. The van der Waals surface area contributed by atoms with Gasteiger partial charge in [0.1, 0.15) is 17.0 Å². The molecule has 0 unspecified atom stereocenters. The van der Waals surface area contributed by atoms with E-state index in [0.29, 0.717) is 28.8 Å². The van der Waals surface area contributed by atoms with Crippen molar-refractivity contribution in [3.8, 4) is 5.75 Å². The fraction of sp³-hybridized carbons (Fsp3) is 0.158. The third kappa shape index (κ3) is 3.66. The molecule has 0 atom stereocenters. The molecule has 2 aromatic heterocycles. The maximum absolute atomic E-state index is 13.6. The molecule has 29 heavy (non-hydrogen) atoms. The largest absolute Gasteiger partial charge is 0.496 e. The van der Waals surface area contributed by atoms with Crippen molar-refractivity contribution in [3.05, 3.63) is 65.7 Å². The Balaban J connectivity index is 1.74. The Bertz CT molecular complexity index is 1280. The molecule has 4 aromatic rings. The van der Waals surface area contributed by atoms with Crippen LogP contribution >= 0.6 is 0 Å². The lowest BCUT2D eigenvalue weighted by Gasteiger charge is -2.10. The number of rotatable bonds is 6. The second-order valence-corrected chi connectivity index (χ2v) is 8.07. The first-order valence-electron chi connectivity index (χ1n) is 8.60. The molecule has 2 aromatic carbocycles. The molecule has 0 bridgehead atoms. The Hall–Kier alpha value is -3.40. The average molecular weight is 416 g/mol. The molecule has 0 aliphatic heterocycles. The molecule has 1 N–H and O–H groups in total. The van der Waals surface area contributed by atoms with Gasteiger partial charge in [0.2, 0.25) is 0 Å². The van der Waals surface area contributed by atoms with Crippen LogP contribution in [-0.2, 0) is 16.6 Å². The van der Waals surface area contributed by atoms with Gasteiger partial charge in [-0.25, -0.2) is 12.8 Å². The lowest BCUT2D eigenvalue weighted by molar-refractivity contribution is 0.418. The van der Waals surface area contributed by atoms with Crippen LogP contribution in [-0.4, -0.2) is 30.5 Å². The highest BCUT2D eigenvalue weighted by Crippen LogP contribution is 2.35. The minimum absolute atomic E-state index is 0.0360. The predicted octanol–water partition coefficient (Wildman–Crippen LogP) is 3.33. The summed E-state index contributed by atoms with van der Waals surface area (Å²) in [4.78, 5) is -0.178. The number of halogens is 1. The monoisotopic (exact) mass is 416 g/mol. The highest BCUT2D eigenvalue weighted by atomic mass is 32.2. The number of methoxy groups -OCH3 is 1. The fourth-order valence-corrected chi connectivity index (χ4v) is 4.30. The summed E-state index contributed by atoms with van der Waals surface area (Å²) in [6.45, 7) is 2.06. The Labute approximate surface area is 165 Å². The van der Waals surface area contributed by atoms with Crippen LogP contribution in [0.25, 0.3) is 11.0 Å². The van der Waals surface area contributed by atoms with E-state index in [1.54, 1.807) is 29.9 Å². The molecule has 0 aliphatic rings. The molecular weight excluding hydrogens is 399 g/mol.